The van der Waals surface area contributed by atoms with Crippen LogP contribution in [0.3, 0.4) is 0 Å². The molecule has 0 spiro atoms. The van der Waals surface area contributed by atoms with Crippen molar-refractivity contribution in [2.24, 2.45) is 11.8 Å². The van der Waals surface area contributed by atoms with Crippen molar-refractivity contribution in [3.8, 4) is 0 Å². The van der Waals surface area contributed by atoms with Crippen molar-refractivity contribution in [1.29, 1.82) is 0 Å². The molecule has 1 heterocycles. The maximum atomic E-state index is 12.1. The zero-order valence-electron chi connectivity index (χ0n) is 11.7. The summed E-state index contributed by atoms with van der Waals surface area (Å²) in [4.78, 5) is 3.98. The molecule has 0 aromatic carbocycles. The molecule has 0 aliphatic heterocycles. The SMILES string of the molecule is CCC1CCC(CNS(=O)(=O)c2ccc(Cl)nc2)CC1. The van der Waals surface area contributed by atoms with Crippen LogP contribution in [0.1, 0.15) is 39.0 Å². The molecule has 0 saturated heterocycles. The second-order valence-electron chi connectivity index (χ2n) is 5.46. The predicted octanol–water partition coefficient (Wildman–Crippen LogP) is 3.23. The van der Waals surface area contributed by atoms with Crippen molar-refractivity contribution in [2.75, 3.05) is 6.54 Å². The third kappa shape index (κ3) is 4.17. The van der Waals surface area contributed by atoms with Gasteiger partial charge in [0.2, 0.25) is 10.0 Å². The number of nitrogens with zero attached hydrogens (tertiary/aromatic N) is 1. The predicted molar refractivity (Wildman–Crippen MR) is 80.2 cm³/mol. The van der Waals surface area contributed by atoms with Crippen LogP contribution in [-0.2, 0) is 10.0 Å². The average Bonchev–Trinajstić information content (AvgIpc) is 2.46. The summed E-state index contributed by atoms with van der Waals surface area (Å²) in [5.74, 6) is 1.27. The highest BCUT2D eigenvalue weighted by Crippen LogP contribution is 2.30. The largest absolute Gasteiger partial charge is 0.243 e. The normalized spacial score (nSPS) is 23.7. The molecule has 1 aromatic rings. The summed E-state index contributed by atoms with van der Waals surface area (Å²) in [6.45, 7) is 2.74. The van der Waals surface area contributed by atoms with Gasteiger partial charge in [-0.1, -0.05) is 37.8 Å². The fourth-order valence-corrected chi connectivity index (χ4v) is 3.85. The number of pyridine rings is 1. The van der Waals surface area contributed by atoms with Gasteiger partial charge in [-0.3, -0.25) is 0 Å². The Labute approximate surface area is 126 Å². The lowest BCUT2D eigenvalue weighted by molar-refractivity contribution is 0.270. The van der Waals surface area contributed by atoms with Gasteiger partial charge in [-0.2, -0.15) is 0 Å². The molecule has 2 rings (SSSR count). The molecule has 1 saturated carbocycles. The van der Waals surface area contributed by atoms with Gasteiger partial charge >= 0.3 is 0 Å². The smallest absolute Gasteiger partial charge is 0.242 e. The first-order valence-corrected chi connectivity index (χ1v) is 8.98. The van der Waals surface area contributed by atoms with E-state index in [1.807, 2.05) is 0 Å². The van der Waals surface area contributed by atoms with E-state index in [4.69, 9.17) is 11.6 Å². The van der Waals surface area contributed by atoms with Crippen LogP contribution in [0.15, 0.2) is 23.2 Å². The molecule has 1 fully saturated rings. The Morgan fingerprint density at radius 2 is 1.90 bits per heavy atom. The fraction of sp³-hybridized carbons (Fsp3) is 0.643. The van der Waals surface area contributed by atoms with Crippen LogP contribution in [0.2, 0.25) is 5.15 Å². The monoisotopic (exact) mass is 316 g/mol. The first kappa shape index (κ1) is 15.7. The quantitative estimate of drug-likeness (QED) is 0.848. The molecule has 0 atom stereocenters. The van der Waals surface area contributed by atoms with E-state index in [1.54, 1.807) is 0 Å². The van der Waals surface area contributed by atoms with Crippen molar-refractivity contribution < 1.29 is 8.42 Å². The van der Waals surface area contributed by atoms with E-state index in [-0.39, 0.29) is 4.90 Å². The molecule has 0 bridgehead atoms. The van der Waals surface area contributed by atoms with Gasteiger partial charge in [0, 0.05) is 12.7 Å². The number of hydrogen-bond acceptors (Lipinski definition) is 3. The average molecular weight is 317 g/mol. The molecule has 1 N–H and O–H groups in total. The third-order valence-corrected chi connectivity index (χ3v) is 5.75. The Kier molecular flexibility index (Phi) is 5.41. The van der Waals surface area contributed by atoms with E-state index in [9.17, 15) is 8.42 Å². The molecule has 6 heteroatoms. The van der Waals surface area contributed by atoms with E-state index in [1.165, 1.54) is 37.6 Å². The Hall–Kier alpha value is -0.650. The summed E-state index contributed by atoms with van der Waals surface area (Å²) in [6, 6.07) is 2.97. The Morgan fingerprint density at radius 1 is 1.25 bits per heavy atom. The maximum absolute atomic E-state index is 12.1. The third-order valence-electron chi connectivity index (χ3n) is 4.12. The van der Waals surface area contributed by atoms with E-state index in [0.717, 1.165) is 18.8 Å². The lowest BCUT2D eigenvalue weighted by Crippen LogP contribution is -2.31. The highest BCUT2D eigenvalue weighted by atomic mass is 35.5. The summed E-state index contributed by atoms with van der Waals surface area (Å²) >= 11 is 5.66. The van der Waals surface area contributed by atoms with E-state index in [0.29, 0.717) is 17.6 Å². The number of halogens is 1. The van der Waals surface area contributed by atoms with E-state index < -0.39 is 10.0 Å². The second kappa shape index (κ2) is 6.87. The van der Waals surface area contributed by atoms with Crippen LogP contribution in [0.4, 0.5) is 0 Å². The summed E-state index contributed by atoms with van der Waals surface area (Å²) in [5.41, 5.74) is 0. The van der Waals surface area contributed by atoms with Crippen LogP contribution < -0.4 is 4.72 Å². The first-order chi connectivity index (χ1) is 9.51. The minimum absolute atomic E-state index is 0.171. The van der Waals surface area contributed by atoms with Gasteiger partial charge < -0.3 is 0 Å². The summed E-state index contributed by atoms with van der Waals surface area (Å²) in [7, 11) is -3.47. The minimum atomic E-state index is -3.47. The van der Waals surface area contributed by atoms with Gasteiger partial charge in [-0.25, -0.2) is 18.1 Å². The molecule has 1 aromatic heterocycles. The summed E-state index contributed by atoms with van der Waals surface area (Å²) in [6.07, 6.45) is 7.17. The van der Waals surface area contributed by atoms with Gasteiger partial charge in [0.1, 0.15) is 10.0 Å². The lowest BCUT2D eigenvalue weighted by atomic mass is 9.81. The minimum Gasteiger partial charge on any atom is -0.243 e. The molecule has 4 nitrogen and oxygen atoms in total. The van der Waals surface area contributed by atoms with Crippen LogP contribution in [0, 0.1) is 11.8 Å². The maximum Gasteiger partial charge on any atom is 0.242 e. The van der Waals surface area contributed by atoms with Crippen molar-refractivity contribution in [3.63, 3.8) is 0 Å². The van der Waals surface area contributed by atoms with Gasteiger partial charge in [-0.15, -0.1) is 0 Å². The van der Waals surface area contributed by atoms with Crippen LogP contribution in [0.25, 0.3) is 0 Å². The molecule has 0 unspecified atom stereocenters. The van der Waals surface area contributed by atoms with Crippen molar-refractivity contribution in [2.45, 2.75) is 43.9 Å². The highest BCUT2D eigenvalue weighted by Gasteiger charge is 2.22. The zero-order valence-corrected chi connectivity index (χ0v) is 13.3. The summed E-state index contributed by atoms with van der Waals surface area (Å²) in [5, 5.41) is 0.293. The van der Waals surface area contributed by atoms with E-state index in [2.05, 4.69) is 16.6 Å². The van der Waals surface area contributed by atoms with Gasteiger partial charge in [0.05, 0.1) is 0 Å². The Balaban J connectivity index is 1.88. The lowest BCUT2D eigenvalue weighted by Gasteiger charge is -2.27. The van der Waals surface area contributed by atoms with Crippen molar-refractivity contribution in [3.05, 3.63) is 23.5 Å². The second-order valence-corrected chi connectivity index (χ2v) is 7.62. The highest BCUT2D eigenvalue weighted by molar-refractivity contribution is 7.89. The molecule has 0 radical (unpaired) electrons. The van der Waals surface area contributed by atoms with Gasteiger partial charge in [-0.05, 0) is 36.8 Å². The number of hydrogen-bond donors (Lipinski definition) is 1. The van der Waals surface area contributed by atoms with Gasteiger partial charge in [0.15, 0.2) is 0 Å². The van der Waals surface area contributed by atoms with Crippen molar-refractivity contribution >= 4 is 21.6 Å². The van der Waals surface area contributed by atoms with Crippen molar-refractivity contribution in [1.82, 2.24) is 9.71 Å². The standard InChI is InChI=1S/C14H21ClN2O2S/c1-2-11-3-5-12(6-4-11)9-17-20(18,19)13-7-8-14(15)16-10-13/h7-8,10-12,17H,2-6,9H2,1H3. The number of sulfonamides is 1. The summed E-state index contributed by atoms with van der Waals surface area (Å²) < 4.78 is 26.9. The van der Waals surface area contributed by atoms with Crippen LogP contribution in [0.5, 0.6) is 0 Å². The molecule has 20 heavy (non-hydrogen) atoms. The van der Waals surface area contributed by atoms with E-state index >= 15 is 0 Å². The molecular weight excluding hydrogens is 296 g/mol. The Bertz CT molecular complexity index is 523. The number of rotatable bonds is 5. The van der Waals surface area contributed by atoms with Crippen LogP contribution in [-0.4, -0.2) is 19.9 Å². The number of aromatic nitrogens is 1. The molecule has 112 valence electrons. The molecule has 1 aliphatic rings. The molecule has 1 aliphatic carbocycles. The Morgan fingerprint density at radius 3 is 2.45 bits per heavy atom. The van der Waals surface area contributed by atoms with Gasteiger partial charge in [0.25, 0.3) is 0 Å². The fourth-order valence-electron chi connectivity index (χ4n) is 2.68. The van der Waals surface area contributed by atoms with Crippen LogP contribution >= 0.6 is 11.6 Å². The zero-order chi connectivity index (χ0) is 14.6. The number of nitrogens with one attached hydrogen (secondary N) is 1. The molecule has 0 amide bonds. The molecular formula is C14H21ClN2O2S. The topological polar surface area (TPSA) is 59.1 Å². The first-order valence-electron chi connectivity index (χ1n) is 7.12.